The summed E-state index contributed by atoms with van der Waals surface area (Å²) in [6, 6.07) is 27.5. The van der Waals surface area contributed by atoms with Crippen molar-refractivity contribution < 1.29 is 9.90 Å². The molecule has 5 nitrogen and oxygen atoms in total. The number of piperidine rings is 1. The van der Waals surface area contributed by atoms with Crippen LogP contribution in [0.15, 0.2) is 84.9 Å². The molecule has 0 spiro atoms. The molecule has 3 aromatic carbocycles. The molecule has 0 bridgehead atoms. The fourth-order valence-corrected chi connectivity index (χ4v) is 4.66. The number of nitrogens with zero attached hydrogens (tertiary/aromatic N) is 3. The highest BCUT2D eigenvalue weighted by atomic mass is 16.3. The Balaban J connectivity index is 1.37. The molecule has 4 aromatic rings. The van der Waals surface area contributed by atoms with Gasteiger partial charge in [-0.2, -0.15) is 5.10 Å². The number of benzene rings is 3. The lowest BCUT2D eigenvalue weighted by Crippen LogP contribution is -2.39. The molecule has 0 aliphatic carbocycles. The molecule has 1 aliphatic heterocycles. The molecule has 2 heterocycles. The van der Waals surface area contributed by atoms with E-state index in [1.165, 1.54) is 5.56 Å². The van der Waals surface area contributed by atoms with E-state index in [1.54, 1.807) is 12.1 Å². The van der Waals surface area contributed by atoms with Gasteiger partial charge in [-0.25, -0.2) is 4.68 Å². The van der Waals surface area contributed by atoms with Gasteiger partial charge in [0, 0.05) is 18.7 Å². The summed E-state index contributed by atoms with van der Waals surface area (Å²) in [7, 11) is 0. The van der Waals surface area contributed by atoms with Crippen LogP contribution in [0.5, 0.6) is 5.75 Å². The first-order chi connectivity index (χ1) is 16.6. The van der Waals surface area contributed by atoms with Crippen LogP contribution in [0.1, 0.15) is 34.5 Å². The Kier molecular flexibility index (Phi) is 6.17. The molecule has 0 saturated carbocycles. The summed E-state index contributed by atoms with van der Waals surface area (Å²) in [5.74, 6) is 0.785. The van der Waals surface area contributed by atoms with Crippen LogP contribution in [-0.4, -0.2) is 38.8 Å². The second kappa shape index (κ2) is 9.56. The van der Waals surface area contributed by atoms with Crippen LogP contribution in [0.3, 0.4) is 0 Å². The normalized spacial score (nSPS) is 14.3. The average molecular weight is 452 g/mol. The summed E-state index contributed by atoms with van der Waals surface area (Å²) in [6.45, 7) is 3.55. The van der Waals surface area contributed by atoms with E-state index in [0.29, 0.717) is 11.6 Å². The smallest absolute Gasteiger partial charge is 0.274 e. The van der Waals surface area contributed by atoms with Crippen molar-refractivity contribution in [3.63, 3.8) is 0 Å². The summed E-state index contributed by atoms with van der Waals surface area (Å²) in [6.07, 6.45) is 3.07. The molecule has 34 heavy (non-hydrogen) atoms. The minimum Gasteiger partial charge on any atom is -0.508 e. The van der Waals surface area contributed by atoms with Gasteiger partial charge in [0.15, 0.2) is 5.69 Å². The summed E-state index contributed by atoms with van der Waals surface area (Å²) in [4.78, 5) is 15.3. The molecule has 0 atom stereocenters. The first-order valence-electron chi connectivity index (χ1n) is 11.9. The van der Waals surface area contributed by atoms with Crippen LogP contribution in [0.25, 0.3) is 16.9 Å². The van der Waals surface area contributed by atoms with Crippen molar-refractivity contribution in [1.29, 1.82) is 0 Å². The van der Waals surface area contributed by atoms with E-state index in [9.17, 15) is 9.90 Å². The SMILES string of the molecule is Cc1ccc(-n2nc(C(=O)N3CCC(Cc4ccccc4)CC3)cc2-c2ccc(O)cc2)cc1. The zero-order valence-electron chi connectivity index (χ0n) is 19.4. The van der Waals surface area contributed by atoms with Gasteiger partial charge in [0.1, 0.15) is 5.75 Å². The minimum atomic E-state index is -0.0240. The molecule has 1 aromatic heterocycles. The number of amides is 1. The highest BCUT2D eigenvalue weighted by Crippen LogP contribution is 2.28. The van der Waals surface area contributed by atoms with E-state index < -0.39 is 0 Å². The van der Waals surface area contributed by atoms with Crippen LogP contribution >= 0.6 is 0 Å². The largest absolute Gasteiger partial charge is 0.508 e. The predicted octanol–water partition coefficient (Wildman–Crippen LogP) is 5.65. The molecule has 1 N–H and O–H groups in total. The van der Waals surface area contributed by atoms with Gasteiger partial charge in [-0.1, -0.05) is 48.0 Å². The predicted molar refractivity (Wildman–Crippen MR) is 134 cm³/mol. The molecular weight excluding hydrogens is 422 g/mol. The van der Waals surface area contributed by atoms with Crippen molar-refractivity contribution in [2.24, 2.45) is 5.92 Å². The molecular formula is C29H29N3O2. The van der Waals surface area contributed by atoms with E-state index in [1.807, 2.05) is 65.0 Å². The molecule has 5 rings (SSSR count). The maximum atomic E-state index is 13.4. The molecule has 172 valence electrons. The number of phenolic OH excluding ortho intramolecular Hbond substituents is 1. The number of hydrogen-bond acceptors (Lipinski definition) is 3. The third-order valence-electron chi connectivity index (χ3n) is 6.64. The van der Waals surface area contributed by atoms with Gasteiger partial charge in [-0.3, -0.25) is 4.79 Å². The molecule has 1 fully saturated rings. The first-order valence-corrected chi connectivity index (χ1v) is 11.9. The quantitative estimate of drug-likeness (QED) is 0.427. The monoisotopic (exact) mass is 451 g/mol. The molecule has 0 radical (unpaired) electrons. The Morgan fingerprint density at radius 1 is 0.941 bits per heavy atom. The number of aryl methyl sites for hydroxylation is 1. The summed E-state index contributed by atoms with van der Waals surface area (Å²) >= 11 is 0. The van der Waals surface area contributed by atoms with Crippen molar-refractivity contribution in [1.82, 2.24) is 14.7 Å². The minimum absolute atomic E-state index is 0.0240. The molecule has 5 heteroatoms. The summed E-state index contributed by atoms with van der Waals surface area (Å²) in [5, 5.41) is 14.4. The van der Waals surface area contributed by atoms with Crippen LogP contribution < -0.4 is 0 Å². The van der Waals surface area contributed by atoms with Crippen molar-refractivity contribution in [3.05, 3.63) is 102 Å². The van der Waals surface area contributed by atoms with E-state index in [2.05, 4.69) is 24.3 Å². The summed E-state index contributed by atoms with van der Waals surface area (Å²) in [5.41, 5.74) is 5.59. The Morgan fingerprint density at radius 2 is 1.62 bits per heavy atom. The second-order valence-electron chi connectivity index (χ2n) is 9.13. The van der Waals surface area contributed by atoms with Crippen LogP contribution in [-0.2, 0) is 6.42 Å². The van der Waals surface area contributed by atoms with Gasteiger partial charge in [0.05, 0.1) is 11.4 Å². The molecule has 1 aliphatic rings. The second-order valence-corrected chi connectivity index (χ2v) is 9.13. The Hall–Kier alpha value is -3.86. The summed E-state index contributed by atoms with van der Waals surface area (Å²) < 4.78 is 1.82. The van der Waals surface area contributed by atoms with E-state index in [0.717, 1.165) is 54.9 Å². The Morgan fingerprint density at radius 3 is 2.29 bits per heavy atom. The fourth-order valence-electron chi connectivity index (χ4n) is 4.66. The van der Waals surface area contributed by atoms with Gasteiger partial charge < -0.3 is 10.0 Å². The van der Waals surface area contributed by atoms with Gasteiger partial charge in [0.2, 0.25) is 0 Å². The van der Waals surface area contributed by atoms with Crippen molar-refractivity contribution >= 4 is 5.91 Å². The molecule has 1 saturated heterocycles. The number of aromatic hydroxyl groups is 1. The third kappa shape index (κ3) is 4.74. The van der Waals surface area contributed by atoms with Crippen LogP contribution in [0, 0.1) is 12.8 Å². The lowest BCUT2D eigenvalue weighted by atomic mass is 9.90. The van der Waals surface area contributed by atoms with Gasteiger partial charge in [-0.15, -0.1) is 0 Å². The van der Waals surface area contributed by atoms with E-state index >= 15 is 0 Å². The zero-order chi connectivity index (χ0) is 23.5. The standard InChI is InChI=1S/C29H29N3O2/c1-21-7-11-25(12-8-21)32-28(24-9-13-26(33)14-10-24)20-27(30-32)29(34)31-17-15-23(16-18-31)19-22-5-3-2-4-6-22/h2-14,20,23,33H,15-19H2,1H3. The lowest BCUT2D eigenvalue weighted by molar-refractivity contribution is 0.0684. The van der Waals surface area contributed by atoms with E-state index in [4.69, 9.17) is 5.10 Å². The van der Waals surface area contributed by atoms with Gasteiger partial charge >= 0.3 is 0 Å². The lowest BCUT2D eigenvalue weighted by Gasteiger charge is -2.31. The molecule has 1 amide bonds. The number of aromatic nitrogens is 2. The average Bonchev–Trinajstić information content (AvgIpc) is 3.31. The van der Waals surface area contributed by atoms with Crippen LogP contribution in [0.4, 0.5) is 0 Å². The number of phenols is 1. The number of carbonyl (C=O) groups excluding carboxylic acids is 1. The Labute approximate surface area is 200 Å². The number of likely N-dealkylation sites (tertiary alicyclic amines) is 1. The van der Waals surface area contributed by atoms with Crippen molar-refractivity contribution in [2.45, 2.75) is 26.2 Å². The maximum Gasteiger partial charge on any atom is 0.274 e. The van der Waals surface area contributed by atoms with Crippen molar-refractivity contribution in [2.75, 3.05) is 13.1 Å². The fraction of sp³-hybridized carbons (Fsp3) is 0.241. The number of hydrogen-bond donors (Lipinski definition) is 1. The third-order valence-corrected chi connectivity index (χ3v) is 6.64. The highest BCUT2D eigenvalue weighted by molar-refractivity contribution is 5.93. The molecule has 0 unspecified atom stereocenters. The number of rotatable bonds is 5. The Bertz CT molecular complexity index is 1190. The van der Waals surface area contributed by atoms with Gasteiger partial charge in [-0.05, 0) is 80.1 Å². The zero-order valence-corrected chi connectivity index (χ0v) is 19.4. The topological polar surface area (TPSA) is 58.4 Å². The van der Waals surface area contributed by atoms with Crippen LogP contribution in [0.2, 0.25) is 0 Å². The highest BCUT2D eigenvalue weighted by Gasteiger charge is 2.26. The maximum absolute atomic E-state index is 13.4. The number of carbonyl (C=O) groups is 1. The van der Waals surface area contributed by atoms with Gasteiger partial charge in [0.25, 0.3) is 5.91 Å². The van der Waals surface area contributed by atoms with Crippen molar-refractivity contribution in [3.8, 4) is 22.7 Å². The van der Waals surface area contributed by atoms with E-state index in [-0.39, 0.29) is 11.7 Å². The first kappa shape index (κ1) is 22.0.